The van der Waals surface area contributed by atoms with Crippen molar-refractivity contribution in [2.45, 2.75) is 33.1 Å². The third kappa shape index (κ3) is 2.43. The average Bonchev–Trinajstić information content (AvgIpc) is 2.49. The number of benzene rings is 1. The summed E-state index contributed by atoms with van der Waals surface area (Å²) in [6.07, 6.45) is 5.04. The van der Waals surface area contributed by atoms with Gasteiger partial charge in [0.15, 0.2) is 5.82 Å². The van der Waals surface area contributed by atoms with Gasteiger partial charge in [-0.05, 0) is 36.5 Å². The fourth-order valence-corrected chi connectivity index (χ4v) is 3.15. The molecule has 3 nitrogen and oxygen atoms in total. The number of hydrogen-bond donors (Lipinski definition) is 1. The van der Waals surface area contributed by atoms with Crippen molar-refractivity contribution in [1.29, 1.82) is 0 Å². The van der Waals surface area contributed by atoms with Gasteiger partial charge in [-0.1, -0.05) is 20.3 Å². The number of hydrogen-bond acceptors (Lipinski definition) is 3. The van der Waals surface area contributed by atoms with Crippen LogP contribution in [-0.4, -0.2) is 18.1 Å². The van der Waals surface area contributed by atoms with Crippen LogP contribution in [0.5, 0.6) is 0 Å². The van der Waals surface area contributed by atoms with E-state index in [4.69, 9.17) is 5.73 Å². The molecule has 0 saturated carbocycles. The first-order chi connectivity index (χ1) is 10.0. The summed E-state index contributed by atoms with van der Waals surface area (Å²) in [6.45, 7) is 6.30. The van der Waals surface area contributed by atoms with E-state index in [2.05, 4.69) is 23.7 Å². The summed E-state index contributed by atoms with van der Waals surface area (Å²) in [6, 6.07) is 5.17. The van der Waals surface area contributed by atoms with Gasteiger partial charge in [-0.2, -0.15) is 0 Å². The second-order valence-electron chi connectivity index (χ2n) is 6.35. The fraction of sp³-hybridized carbons (Fsp3) is 0.471. The minimum Gasteiger partial charge on any atom is -0.398 e. The molecule has 0 amide bonds. The van der Waals surface area contributed by atoms with Gasteiger partial charge in [-0.25, -0.2) is 4.39 Å². The highest BCUT2D eigenvalue weighted by molar-refractivity contribution is 5.98. The van der Waals surface area contributed by atoms with Crippen molar-refractivity contribution in [1.82, 2.24) is 4.98 Å². The number of rotatable bonds is 2. The summed E-state index contributed by atoms with van der Waals surface area (Å²) >= 11 is 0. The van der Waals surface area contributed by atoms with E-state index >= 15 is 0 Å². The Balaban J connectivity index is 2.02. The number of nitrogens with two attached hydrogens (primary N) is 1. The predicted molar refractivity (Wildman–Crippen MR) is 86.0 cm³/mol. The van der Waals surface area contributed by atoms with Gasteiger partial charge in [-0.3, -0.25) is 4.98 Å². The smallest absolute Gasteiger partial charge is 0.150 e. The van der Waals surface area contributed by atoms with Gasteiger partial charge in [0.1, 0.15) is 0 Å². The van der Waals surface area contributed by atoms with Crippen LogP contribution in [0.4, 0.5) is 15.8 Å². The van der Waals surface area contributed by atoms with Crippen LogP contribution in [0.2, 0.25) is 0 Å². The molecule has 1 fully saturated rings. The average molecular weight is 287 g/mol. The van der Waals surface area contributed by atoms with Crippen LogP contribution in [0.25, 0.3) is 10.9 Å². The zero-order valence-corrected chi connectivity index (χ0v) is 12.7. The lowest BCUT2D eigenvalue weighted by molar-refractivity contribution is 0.238. The van der Waals surface area contributed by atoms with Crippen LogP contribution in [-0.2, 0) is 0 Å². The van der Waals surface area contributed by atoms with Crippen molar-refractivity contribution in [3.63, 3.8) is 0 Å². The van der Waals surface area contributed by atoms with Crippen molar-refractivity contribution < 1.29 is 4.39 Å². The molecule has 1 aromatic carbocycles. The Morgan fingerprint density at radius 3 is 2.76 bits per heavy atom. The first-order valence-electron chi connectivity index (χ1n) is 7.62. The minimum atomic E-state index is -0.265. The molecule has 0 radical (unpaired) electrons. The van der Waals surface area contributed by atoms with Crippen LogP contribution >= 0.6 is 0 Å². The molecule has 2 heterocycles. The van der Waals surface area contributed by atoms with E-state index in [-0.39, 0.29) is 5.82 Å². The van der Waals surface area contributed by atoms with Crippen LogP contribution in [0.3, 0.4) is 0 Å². The zero-order valence-electron chi connectivity index (χ0n) is 12.7. The van der Waals surface area contributed by atoms with E-state index in [1.165, 1.54) is 12.5 Å². The number of nitrogen functional groups attached to an aromatic ring is 1. The van der Waals surface area contributed by atoms with Gasteiger partial charge in [0, 0.05) is 30.4 Å². The van der Waals surface area contributed by atoms with Gasteiger partial charge in [-0.15, -0.1) is 0 Å². The fourth-order valence-electron chi connectivity index (χ4n) is 3.15. The Labute approximate surface area is 125 Å². The van der Waals surface area contributed by atoms with Gasteiger partial charge in [0.05, 0.1) is 11.2 Å². The number of nitrogens with zero attached hydrogens (tertiary/aromatic N) is 2. The predicted octanol–water partition coefficient (Wildman–Crippen LogP) is 3.97. The van der Waals surface area contributed by atoms with Crippen LogP contribution in [0.1, 0.15) is 33.1 Å². The van der Waals surface area contributed by atoms with E-state index in [0.29, 0.717) is 22.3 Å². The summed E-state index contributed by atoms with van der Waals surface area (Å²) in [5.41, 5.74) is 8.04. The van der Waals surface area contributed by atoms with Crippen molar-refractivity contribution >= 4 is 22.3 Å². The first-order valence-corrected chi connectivity index (χ1v) is 7.62. The second-order valence-corrected chi connectivity index (χ2v) is 6.35. The Kier molecular flexibility index (Phi) is 3.47. The molecular formula is C17H22FN3. The number of piperidine rings is 1. The molecule has 2 N–H and O–H groups in total. The minimum absolute atomic E-state index is 0.265. The van der Waals surface area contributed by atoms with E-state index < -0.39 is 0 Å². The van der Waals surface area contributed by atoms with E-state index in [0.717, 1.165) is 31.3 Å². The largest absolute Gasteiger partial charge is 0.398 e. The van der Waals surface area contributed by atoms with Crippen molar-refractivity contribution in [2.24, 2.45) is 5.41 Å². The number of aromatic nitrogens is 1. The second kappa shape index (κ2) is 5.17. The molecule has 0 unspecified atom stereocenters. The highest BCUT2D eigenvalue weighted by Crippen LogP contribution is 2.39. The normalized spacial score (nSPS) is 18.1. The third-order valence-electron chi connectivity index (χ3n) is 4.99. The molecule has 21 heavy (non-hydrogen) atoms. The summed E-state index contributed by atoms with van der Waals surface area (Å²) in [4.78, 5) is 6.50. The van der Waals surface area contributed by atoms with Gasteiger partial charge < -0.3 is 10.6 Å². The molecular weight excluding hydrogens is 265 g/mol. The van der Waals surface area contributed by atoms with Gasteiger partial charge >= 0.3 is 0 Å². The molecule has 4 heteroatoms. The molecule has 3 rings (SSSR count). The number of halogens is 1. The zero-order chi connectivity index (χ0) is 15.0. The number of fused-ring (bicyclic) bond motifs is 1. The maximum absolute atomic E-state index is 14.5. The molecule has 1 aliphatic rings. The Morgan fingerprint density at radius 2 is 2.10 bits per heavy atom. The molecule has 1 saturated heterocycles. The van der Waals surface area contributed by atoms with Crippen LogP contribution in [0.15, 0.2) is 24.4 Å². The third-order valence-corrected chi connectivity index (χ3v) is 4.99. The van der Waals surface area contributed by atoms with Crippen LogP contribution in [0, 0.1) is 11.2 Å². The molecule has 0 bridgehead atoms. The quantitative estimate of drug-likeness (QED) is 0.850. The van der Waals surface area contributed by atoms with E-state index in [1.54, 1.807) is 6.20 Å². The van der Waals surface area contributed by atoms with Crippen molar-refractivity contribution in [3.05, 3.63) is 30.2 Å². The van der Waals surface area contributed by atoms with Gasteiger partial charge in [0.2, 0.25) is 0 Å². The summed E-state index contributed by atoms with van der Waals surface area (Å²) < 4.78 is 14.5. The lowest BCUT2D eigenvalue weighted by Crippen LogP contribution is -2.39. The molecule has 0 spiro atoms. The summed E-state index contributed by atoms with van der Waals surface area (Å²) in [7, 11) is 0. The van der Waals surface area contributed by atoms with E-state index in [9.17, 15) is 4.39 Å². The Bertz CT molecular complexity index is 660. The number of pyridine rings is 1. The molecule has 0 aliphatic carbocycles. The van der Waals surface area contributed by atoms with Crippen molar-refractivity contribution in [3.8, 4) is 0 Å². The molecule has 0 atom stereocenters. The Hall–Kier alpha value is -1.84. The molecule has 2 aromatic rings. The molecule has 1 aliphatic heterocycles. The maximum atomic E-state index is 14.5. The van der Waals surface area contributed by atoms with Crippen LogP contribution < -0.4 is 10.6 Å². The Morgan fingerprint density at radius 1 is 1.38 bits per heavy atom. The summed E-state index contributed by atoms with van der Waals surface area (Å²) in [5.74, 6) is -0.265. The molecule has 1 aromatic heterocycles. The lowest BCUT2D eigenvalue weighted by atomic mass is 9.78. The van der Waals surface area contributed by atoms with Gasteiger partial charge in [0.25, 0.3) is 0 Å². The summed E-state index contributed by atoms with van der Waals surface area (Å²) in [5, 5.41) is 0.831. The first kappa shape index (κ1) is 14.1. The lowest BCUT2D eigenvalue weighted by Gasteiger charge is -2.40. The number of anilines is 2. The SMILES string of the molecule is CCC1(C)CCN(c2c(F)cc(N)c3cccnc23)CC1. The topological polar surface area (TPSA) is 42.1 Å². The highest BCUT2D eigenvalue weighted by atomic mass is 19.1. The maximum Gasteiger partial charge on any atom is 0.150 e. The van der Waals surface area contributed by atoms with Crippen molar-refractivity contribution in [2.75, 3.05) is 23.7 Å². The monoisotopic (exact) mass is 287 g/mol. The van der Waals surface area contributed by atoms with E-state index in [1.807, 2.05) is 12.1 Å². The highest BCUT2D eigenvalue weighted by Gasteiger charge is 2.30. The standard InChI is InChI=1S/C17H22FN3/c1-3-17(2)6-9-21(10-7-17)16-13(18)11-14(19)12-5-4-8-20-15(12)16/h4-5,8,11H,3,6-7,9-10,19H2,1-2H3. The molecule has 112 valence electrons.